The first-order valence-corrected chi connectivity index (χ1v) is 6.98. The predicted octanol–water partition coefficient (Wildman–Crippen LogP) is 3.17. The van der Waals surface area contributed by atoms with Crippen molar-refractivity contribution >= 4 is 33.7 Å². The Kier molecular flexibility index (Phi) is 4.08. The van der Waals surface area contributed by atoms with Gasteiger partial charge in [-0.1, -0.05) is 15.9 Å². The molecule has 0 fully saturated rings. The first kappa shape index (κ1) is 13.2. The Morgan fingerprint density at radius 1 is 1.44 bits per heavy atom. The number of thioether (sulfide) groups is 1. The molecule has 1 aromatic heterocycles. The third-order valence-electron chi connectivity index (χ3n) is 2.48. The molecule has 0 unspecified atom stereocenters. The van der Waals surface area contributed by atoms with Gasteiger partial charge in [0.15, 0.2) is 0 Å². The number of aromatic nitrogens is 2. The van der Waals surface area contributed by atoms with Gasteiger partial charge >= 0.3 is 5.97 Å². The van der Waals surface area contributed by atoms with Crippen molar-refractivity contribution in [2.75, 3.05) is 0 Å². The summed E-state index contributed by atoms with van der Waals surface area (Å²) < 4.78 is 2.63. The van der Waals surface area contributed by atoms with Crippen LogP contribution in [0.25, 0.3) is 0 Å². The summed E-state index contributed by atoms with van der Waals surface area (Å²) in [4.78, 5) is 12.1. The van der Waals surface area contributed by atoms with Crippen LogP contribution in [0.3, 0.4) is 0 Å². The summed E-state index contributed by atoms with van der Waals surface area (Å²) in [6.07, 6.45) is 1.39. The Morgan fingerprint density at radius 3 is 2.72 bits per heavy atom. The Labute approximate surface area is 117 Å². The second-order valence-electron chi connectivity index (χ2n) is 3.68. The van der Waals surface area contributed by atoms with E-state index >= 15 is 0 Å². The first-order chi connectivity index (χ1) is 8.58. The van der Waals surface area contributed by atoms with Crippen molar-refractivity contribution < 1.29 is 9.90 Å². The Balaban J connectivity index is 2.12. The summed E-state index contributed by atoms with van der Waals surface area (Å²) in [6.45, 7) is 0. The third-order valence-corrected chi connectivity index (χ3v) is 4.03. The summed E-state index contributed by atoms with van der Waals surface area (Å²) in [5.41, 5.74) is 0.984. The molecule has 1 heterocycles. The van der Waals surface area contributed by atoms with Gasteiger partial charge in [-0.3, -0.25) is 4.68 Å². The molecule has 0 saturated heterocycles. The predicted molar refractivity (Wildman–Crippen MR) is 73.9 cm³/mol. The number of hydrogen-bond acceptors (Lipinski definition) is 3. The Hall–Kier alpha value is -1.27. The van der Waals surface area contributed by atoms with Crippen LogP contribution in [0.1, 0.15) is 16.1 Å². The second kappa shape index (κ2) is 5.58. The largest absolute Gasteiger partial charge is 0.478 e. The van der Waals surface area contributed by atoms with E-state index in [4.69, 9.17) is 5.11 Å². The maximum Gasteiger partial charge on any atom is 0.339 e. The Bertz CT molecular complexity index is 566. The molecule has 18 heavy (non-hydrogen) atoms. The van der Waals surface area contributed by atoms with Crippen LogP contribution in [0.15, 0.2) is 39.8 Å². The van der Waals surface area contributed by atoms with Crippen LogP contribution in [0.5, 0.6) is 0 Å². The summed E-state index contributed by atoms with van der Waals surface area (Å²) in [7, 11) is 1.75. The van der Waals surface area contributed by atoms with Crippen LogP contribution in [0.2, 0.25) is 0 Å². The number of rotatable bonds is 4. The second-order valence-corrected chi connectivity index (χ2v) is 5.64. The molecule has 94 valence electrons. The van der Waals surface area contributed by atoms with Crippen LogP contribution in [0.4, 0.5) is 0 Å². The normalized spacial score (nSPS) is 10.6. The van der Waals surface area contributed by atoms with Crippen LogP contribution >= 0.6 is 27.7 Å². The molecule has 0 atom stereocenters. The fourth-order valence-corrected chi connectivity index (χ4v) is 2.73. The fourth-order valence-electron chi connectivity index (χ4n) is 1.50. The minimum absolute atomic E-state index is 0.266. The fraction of sp³-hybridized carbons (Fsp3) is 0.167. The molecule has 1 aromatic carbocycles. The SMILES string of the molecule is Cn1ncc(C(=O)O)c1CSc1ccc(Br)cc1. The zero-order chi connectivity index (χ0) is 13.1. The highest BCUT2D eigenvalue weighted by Gasteiger charge is 2.14. The van der Waals surface area contributed by atoms with E-state index in [0.29, 0.717) is 5.75 Å². The minimum atomic E-state index is -0.936. The molecule has 6 heteroatoms. The van der Waals surface area contributed by atoms with Gasteiger partial charge in [0, 0.05) is 22.2 Å². The molecule has 0 aliphatic carbocycles. The van der Waals surface area contributed by atoms with Gasteiger partial charge in [0.1, 0.15) is 5.56 Å². The number of halogens is 1. The summed E-state index contributed by atoms with van der Waals surface area (Å²) in [5, 5.41) is 13.0. The topological polar surface area (TPSA) is 55.1 Å². The van der Waals surface area contributed by atoms with E-state index in [0.717, 1.165) is 15.1 Å². The van der Waals surface area contributed by atoms with E-state index in [9.17, 15) is 4.79 Å². The highest BCUT2D eigenvalue weighted by Crippen LogP contribution is 2.25. The van der Waals surface area contributed by atoms with Crippen molar-refractivity contribution in [1.82, 2.24) is 9.78 Å². The highest BCUT2D eigenvalue weighted by atomic mass is 79.9. The van der Waals surface area contributed by atoms with Crippen molar-refractivity contribution in [3.8, 4) is 0 Å². The van der Waals surface area contributed by atoms with Crippen molar-refractivity contribution in [3.05, 3.63) is 46.2 Å². The third kappa shape index (κ3) is 2.94. The summed E-state index contributed by atoms with van der Waals surface area (Å²) in [5.74, 6) is -0.353. The molecule has 0 amide bonds. The molecule has 0 saturated carbocycles. The van der Waals surface area contributed by atoms with Crippen LogP contribution in [-0.4, -0.2) is 20.9 Å². The molecule has 2 rings (SSSR count). The standard InChI is InChI=1S/C12H11BrN2O2S/c1-15-11(10(6-14-15)12(16)17)7-18-9-4-2-8(13)3-5-9/h2-6H,7H2,1H3,(H,16,17). The van der Waals surface area contributed by atoms with E-state index in [2.05, 4.69) is 21.0 Å². The zero-order valence-electron chi connectivity index (χ0n) is 9.63. The number of carboxylic acids is 1. The Morgan fingerprint density at radius 2 is 2.11 bits per heavy atom. The molecular weight excluding hydrogens is 316 g/mol. The molecule has 1 N–H and O–H groups in total. The molecule has 0 aliphatic heterocycles. The minimum Gasteiger partial charge on any atom is -0.478 e. The number of nitrogens with zero attached hydrogens (tertiary/aromatic N) is 2. The molecule has 0 aliphatic rings. The lowest BCUT2D eigenvalue weighted by atomic mass is 10.3. The average molecular weight is 327 g/mol. The van der Waals surface area contributed by atoms with E-state index in [1.807, 2.05) is 24.3 Å². The van der Waals surface area contributed by atoms with Gasteiger partial charge in [0.05, 0.1) is 11.9 Å². The zero-order valence-corrected chi connectivity index (χ0v) is 12.0. The highest BCUT2D eigenvalue weighted by molar-refractivity contribution is 9.10. The molecule has 4 nitrogen and oxygen atoms in total. The van der Waals surface area contributed by atoms with E-state index < -0.39 is 5.97 Å². The van der Waals surface area contributed by atoms with E-state index in [1.54, 1.807) is 23.5 Å². The first-order valence-electron chi connectivity index (χ1n) is 5.20. The molecular formula is C12H11BrN2O2S. The van der Waals surface area contributed by atoms with Crippen molar-refractivity contribution in [3.63, 3.8) is 0 Å². The van der Waals surface area contributed by atoms with E-state index in [1.165, 1.54) is 6.20 Å². The lowest BCUT2D eigenvalue weighted by Gasteiger charge is -2.04. The molecule has 0 radical (unpaired) electrons. The number of carbonyl (C=O) groups is 1. The maximum absolute atomic E-state index is 11.0. The van der Waals surface area contributed by atoms with Crippen molar-refractivity contribution in [2.24, 2.45) is 7.05 Å². The number of carboxylic acid groups (broad SMARTS) is 1. The number of benzene rings is 1. The smallest absolute Gasteiger partial charge is 0.339 e. The molecule has 0 bridgehead atoms. The lowest BCUT2D eigenvalue weighted by molar-refractivity contribution is 0.0696. The molecule has 2 aromatic rings. The van der Waals surface area contributed by atoms with Crippen LogP contribution in [-0.2, 0) is 12.8 Å². The monoisotopic (exact) mass is 326 g/mol. The van der Waals surface area contributed by atoms with Gasteiger partial charge in [0.25, 0.3) is 0 Å². The number of hydrogen-bond donors (Lipinski definition) is 1. The maximum atomic E-state index is 11.0. The lowest BCUT2D eigenvalue weighted by Crippen LogP contribution is -2.03. The summed E-state index contributed by atoms with van der Waals surface area (Å²) in [6, 6.07) is 7.91. The van der Waals surface area contributed by atoms with Gasteiger partial charge in [0.2, 0.25) is 0 Å². The van der Waals surface area contributed by atoms with Gasteiger partial charge in [-0.25, -0.2) is 4.79 Å². The van der Waals surface area contributed by atoms with Gasteiger partial charge < -0.3 is 5.11 Å². The van der Waals surface area contributed by atoms with Gasteiger partial charge in [-0.05, 0) is 24.3 Å². The number of aryl methyl sites for hydroxylation is 1. The molecule has 0 spiro atoms. The van der Waals surface area contributed by atoms with Crippen LogP contribution in [0, 0.1) is 0 Å². The summed E-state index contributed by atoms with van der Waals surface area (Å²) >= 11 is 4.96. The van der Waals surface area contributed by atoms with Crippen molar-refractivity contribution in [2.45, 2.75) is 10.6 Å². The number of aromatic carboxylic acids is 1. The average Bonchev–Trinajstić information content (AvgIpc) is 2.70. The van der Waals surface area contributed by atoms with Crippen LogP contribution < -0.4 is 0 Å². The van der Waals surface area contributed by atoms with Gasteiger partial charge in [-0.15, -0.1) is 11.8 Å². The van der Waals surface area contributed by atoms with Gasteiger partial charge in [-0.2, -0.15) is 5.10 Å². The van der Waals surface area contributed by atoms with Crippen molar-refractivity contribution in [1.29, 1.82) is 0 Å². The van der Waals surface area contributed by atoms with E-state index in [-0.39, 0.29) is 5.56 Å². The quantitative estimate of drug-likeness (QED) is 0.877.